The van der Waals surface area contributed by atoms with Crippen molar-refractivity contribution in [2.24, 2.45) is 5.16 Å². The molecule has 0 aliphatic heterocycles. The second-order valence-corrected chi connectivity index (χ2v) is 3.03. The van der Waals surface area contributed by atoms with Crippen molar-refractivity contribution in [3.63, 3.8) is 0 Å². The lowest BCUT2D eigenvalue weighted by molar-refractivity contribution is 0.319. The monoisotopic (exact) mass is 219 g/mol. The Balaban J connectivity index is 2.85. The first kappa shape index (κ1) is 7.75. The van der Waals surface area contributed by atoms with Crippen molar-refractivity contribution in [2.45, 2.75) is 0 Å². The van der Waals surface area contributed by atoms with Gasteiger partial charge in [0.15, 0.2) is 0 Å². The molecule has 0 aliphatic rings. The van der Waals surface area contributed by atoms with Gasteiger partial charge in [0.05, 0.1) is 5.71 Å². The Morgan fingerprint density at radius 1 is 1.80 bits per heavy atom. The van der Waals surface area contributed by atoms with Gasteiger partial charge in [0.2, 0.25) is 0 Å². The third-order valence-corrected chi connectivity index (χ3v) is 2.32. The van der Waals surface area contributed by atoms with E-state index in [1.165, 1.54) is 0 Å². The maximum Gasteiger partial charge on any atom is 0.0981 e. The average molecular weight is 220 g/mol. The van der Waals surface area contributed by atoms with Crippen LogP contribution >= 0.6 is 27.3 Å². The normalized spacial score (nSPS) is 11.9. The second kappa shape index (κ2) is 3.73. The standard InChI is InChI=1S/C6H6BrNOS/c7-3-6(8-9)5-1-2-10-4-5/h1-2,4,9H,3H2/b8-6-. The first-order chi connectivity index (χ1) is 4.88. The smallest absolute Gasteiger partial charge is 0.0981 e. The van der Waals surface area contributed by atoms with E-state index in [0.29, 0.717) is 11.0 Å². The molecule has 0 radical (unpaired) electrons. The quantitative estimate of drug-likeness (QED) is 0.352. The molecule has 0 spiro atoms. The lowest BCUT2D eigenvalue weighted by Crippen LogP contribution is -1.99. The minimum absolute atomic E-state index is 0.584. The van der Waals surface area contributed by atoms with E-state index in [9.17, 15) is 0 Å². The van der Waals surface area contributed by atoms with E-state index in [1.807, 2.05) is 16.8 Å². The molecule has 54 valence electrons. The van der Waals surface area contributed by atoms with Crippen LogP contribution in [0.3, 0.4) is 0 Å². The molecule has 0 atom stereocenters. The van der Waals surface area contributed by atoms with Crippen molar-refractivity contribution in [1.82, 2.24) is 0 Å². The zero-order valence-corrected chi connectivity index (χ0v) is 7.52. The van der Waals surface area contributed by atoms with E-state index in [1.54, 1.807) is 11.3 Å². The summed E-state index contributed by atoms with van der Waals surface area (Å²) in [6.07, 6.45) is 0. The highest BCUT2D eigenvalue weighted by molar-refractivity contribution is 9.09. The van der Waals surface area contributed by atoms with Crippen LogP contribution in [-0.2, 0) is 0 Å². The molecule has 2 nitrogen and oxygen atoms in total. The first-order valence-corrected chi connectivity index (χ1v) is 4.74. The third-order valence-electron chi connectivity index (χ3n) is 1.10. The van der Waals surface area contributed by atoms with E-state index in [0.717, 1.165) is 5.56 Å². The predicted molar refractivity (Wildman–Crippen MR) is 46.4 cm³/mol. The third kappa shape index (κ3) is 1.58. The summed E-state index contributed by atoms with van der Waals surface area (Å²) in [5.74, 6) is 0. The van der Waals surface area contributed by atoms with Gasteiger partial charge in [0, 0.05) is 10.9 Å². The number of hydrogen-bond acceptors (Lipinski definition) is 3. The fourth-order valence-electron chi connectivity index (χ4n) is 0.590. The van der Waals surface area contributed by atoms with Gasteiger partial charge in [-0.25, -0.2) is 0 Å². The van der Waals surface area contributed by atoms with Crippen LogP contribution in [0, 0.1) is 0 Å². The molecular formula is C6H6BrNOS. The van der Waals surface area contributed by atoms with Gasteiger partial charge in [-0.3, -0.25) is 0 Å². The van der Waals surface area contributed by atoms with Crippen molar-refractivity contribution >= 4 is 33.0 Å². The Morgan fingerprint density at radius 3 is 3.00 bits per heavy atom. The Labute approximate surface area is 71.3 Å². The summed E-state index contributed by atoms with van der Waals surface area (Å²) in [6, 6.07) is 1.92. The maximum atomic E-state index is 8.46. The summed E-state index contributed by atoms with van der Waals surface area (Å²) in [4.78, 5) is 0. The van der Waals surface area contributed by atoms with Crippen LogP contribution < -0.4 is 0 Å². The van der Waals surface area contributed by atoms with Crippen molar-refractivity contribution in [2.75, 3.05) is 5.33 Å². The van der Waals surface area contributed by atoms with Crippen molar-refractivity contribution in [1.29, 1.82) is 0 Å². The zero-order valence-electron chi connectivity index (χ0n) is 5.12. The number of halogens is 1. The van der Waals surface area contributed by atoms with Gasteiger partial charge in [0.1, 0.15) is 0 Å². The fourth-order valence-corrected chi connectivity index (χ4v) is 1.69. The van der Waals surface area contributed by atoms with Crippen LogP contribution in [0.25, 0.3) is 0 Å². The molecule has 1 heterocycles. The molecule has 0 saturated carbocycles. The average Bonchev–Trinajstić information content (AvgIpc) is 2.43. The van der Waals surface area contributed by atoms with E-state index < -0.39 is 0 Å². The Morgan fingerprint density at radius 2 is 2.60 bits per heavy atom. The molecule has 1 N–H and O–H groups in total. The summed E-state index contributed by atoms with van der Waals surface area (Å²) in [6.45, 7) is 0. The van der Waals surface area contributed by atoms with Gasteiger partial charge in [-0.05, 0) is 16.8 Å². The molecule has 0 unspecified atom stereocenters. The summed E-state index contributed by atoms with van der Waals surface area (Å²) < 4.78 is 0. The number of rotatable bonds is 2. The highest BCUT2D eigenvalue weighted by Gasteiger charge is 2.00. The molecule has 1 rings (SSSR count). The number of nitrogens with zero attached hydrogens (tertiary/aromatic N) is 1. The molecule has 0 aliphatic carbocycles. The molecule has 0 amide bonds. The van der Waals surface area contributed by atoms with Crippen LogP contribution in [0.4, 0.5) is 0 Å². The van der Waals surface area contributed by atoms with Crippen molar-refractivity contribution in [3.8, 4) is 0 Å². The minimum atomic E-state index is 0.584. The summed E-state index contributed by atoms with van der Waals surface area (Å²) in [7, 11) is 0. The number of alkyl halides is 1. The number of oxime groups is 1. The molecule has 0 aromatic carbocycles. The summed E-state index contributed by atoms with van der Waals surface area (Å²) in [5.41, 5.74) is 1.64. The molecular weight excluding hydrogens is 214 g/mol. The molecule has 1 aromatic heterocycles. The molecule has 1 aromatic rings. The number of thiophene rings is 1. The van der Waals surface area contributed by atoms with E-state index in [2.05, 4.69) is 21.1 Å². The van der Waals surface area contributed by atoms with Gasteiger partial charge >= 0.3 is 0 Å². The van der Waals surface area contributed by atoms with E-state index >= 15 is 0 Å². The van der Waals surface area contributed by atoms with Gasteiger partial charge in [-0.1, -0.05) is 21.1 Å². The highest BCUT2D eigenvalue weighted by Crippen LogP contribution is 2.08. The van der Waals surface area contributed by atoms with Crippen LogP contribution in [0.15, 0.2) is 22.0 Å². The minimum Gasteiger partial charge on any atom is -0.411 e. The molecule has 0 fully saturated rings. The molecule has 10 heavy (non-hydrogen) atoms. The van der Waals surface area contributed by atoms with Gasteiger partial charge in [-0.2, -0.15) is 11.3 Å². The maximum absolute atomic E-state index is 8.46. The highest BCUT2D eigenvalue weighted by atomic mass is 79.9. The van der Waals surface area contributed by atoms with Crippen LogP contribution in [0.2, 0.25) is 0 Å². The van der Waals surface area contributed by atoms with E-state index in [-0.39, 0.29) is 0 Å². The van der Waals surface area contributed by atoms with Crippen molar-refractivity contribution in [3.05, 3.63) is 22.4 Å². The molecule has 0 saturated heterocycles. The largest absolute Gasteiger partial charge is 0.411 e. The Bertz CT molecular complexity index is 220. The van der Waals surface area contributed by atoms with Crippen LogP contribution in [-0.4, -0.2) is 16.2 Å². The first-order valence-electron chi connectivity index (χ1n) is 2.68. The fraction of sp³-hybridized carbons (Fsp3) is 0.167. The lowest BCUT2D eigenvalue weighted by Gasteiger charge is -1.92. The van der Waals surface area contributed by atoms with Gasteiger partial charge in [0.25, 0.3) is 0 Å². The Hall–Kier alpha value is -0.350. The Kier molecular flexibility index (Phi) is 2.89. The topological polar surface area (TPSA) is 32.6 Å². The van der Waals surface area contributed by atoms with E-state index in [4.69, 9.17) is 5.21 Å². The molecule has 4 heteroatoms. The number of hydrogen-bond donors (Lipinski definition) is 1. The summed E-state index contributed by atoms with van der Waals surface area (Å²) in [5, 5.41) is 16.1. The van der Waals surface area contributed by atoms with Crippen LogP contribution in [0.5, 0.6) is 0 Å². The van der Waals surface area contributed by atoms with Crippen molar-refractivity contribution < 1.29 is 5.21 Å². The zero-order chi connectivity index (χ0) is 7.40. The van der Waals surface area contributed by atoms with Crippen LogP contribution in [0.1, 0.15) is 5.56 Å². The van der Waals surface area contributed by atoms with Gasteiger partial charge < -0.3 is 5.21 Å². The molecule has 0 bridgehead atoms. The SMILES string of the molecule is O/N=C(/CBr)c1ccsc1. The summed E-state index contributed by atoms with van der Waals surface area (Å²) >= 11 is 4.80. The second-order valence-electron chi connectivity index (χ2n) is 1.69. The lowest BCUT2D eigenvalue weighted by atomic mass is 10.2. The van der Waals surface area contributed by atoms with Gasteiger partial charge in [-0.15, -0.1) is 0 Å². The predicted octanol–water partition coefficient (Wildman–Crippen LogP) is 2.32.